The molecule has 0 aliphatic heterocycles. The molecule has 0 fully saturated rings. The molecule has 0 atom stereocenters. The van der Waals surface area contributed by atoms with Crippen LogP contribution in [0, 0.1) is 0 Å². The Balaban J connectivity index is 1.91. The van der Waals surface area contributed by atoms with E-state index in [4.69, 9.17) is 4.74 Å². The Morgan fingerprint density at radius 1 is 1.00 bits per heavy atom. The molecule has 3 rings (SSSR count). The summed E-state index contributed by atoms with van der Waals surface area (Å²) in [7, 11) is 3.23. The quantitative estimate of drug-likeness (QED) is 0.777. The van der Waals surface area contributed by atoms with Crippen molar-refractivity contribution >= 4 is 28.3 Å². The third kappa shape index (κ3) is 2.94. The van der Waals surface area contributed by atoms with Crippen LogP contribution < -0.4 is 20.9 Å². The van der Waals surface area contributed by atoms with E-state index < -0.39 is 6.03 Å². The van der Waals surface area contributed by atoms with Crippen molar-refractivity contribution in [2.24, 2.45) is 7.05 Å². The van der Waals surface area contributed by atoms with Crippen LogP contribution in [0.15, 0.2) is 59.4 Å². The lowest BCUT2D eigenvalue weighted by molar-refractivity contribution is 0.262. The Morgan fingerprint density at radius 3 is 2.46 bits per heavy atom. The van der Waals surface area contributed by atoms with E-state index in [0.29, 0.717) is 17.1 Å². The number of urea groups is 1. The number of nitrogens with one attached hydrogen (secondary N) is 2. The molecule has 2 N–H and O–H groups in total. The van der Waals surface area contributed by atoms with Crippen LogP contribution in [0.4, 0.5) is 16.2 Å². The second-order valence-electron chi connectivity index (χ2n) is 5.25. The monoisotopic (exact) mass is 323 g/mol. The minimum absolute atomic E-state index is 0.193. The van der Waals surface area contributed by atoms with Gasteiger partial charge in [-0.25, -0.2) is 4.79 Å². The van der Waals surface area contributed by atoms with Gasteiger partial charge >= 0.3 is 6.03 Å². The van der Waals surface area contributed by atoms with Crippen LogP contribution in [-0.2, 0) is 7.05 Å². The number of ether oxygens (including phenoxy) is 1. The number of hydrogen-bond donors (Lipinski definition) is 2. The molecule has 0 spiro atoms. The number of rotatable bonds is 3. The van der Waals surface area contributed by atoms with E-state index in [-0.39, 0.29) is 5.56 Å². The van der Waals surface area contributed by atoms with E-state index in [1.807, 2.05) is 30.3 Å². The Labute approximate surface area is 138 Å². The predicted molar refractivity (Wildman–Crippen MR) is 94.8 cm³/mol. The van der Waals surface area contributed by atoms with Crippen molar-refractivity contribution in [3.8, 4) is 5.75 Å². The third-order valence-corrected chi connectivity index (χ3v) is 3.76. The van der Waals surface area contributed by atoms with Crippen LogP contribution in [0.2, 0.25) is 0 Å². The van der Waals surface area contributed by atoms with Crippen molar-refractivity contribution in [1.29, 1.82) is 0 Å². The molecule has 0 saturated carbocycles. The maximum absolute atomic E-state index is 12.3. The summed E-state index contributed by atoms with van der Waals surface area (Å²) in [6, 6.07) is 15.5. The van der Waals surface area contributed by atoms with Gasteiger partial charge in [0.2, 0.25) is 0 Å². The van der Waals surface area contributed by atoms with Gasteiger partial charge in [-0.2, -0.15) is 0 Å². The van der Waals surface area contributed by atoms with Gasteiger partial charge in [0.25, 0.3) is 5.56 Å². The van der Waals surface area contributed by atoms with E-state index >= 15 is 0 Å². The van der Waals surface area contributed by atoms with Crippen LogP contribution in [0.1, 0.15) is 0 Å². The number of nitrogens with zero attached hydrogens (tertiary/aromatic N) is 1. The molecular formula is C18H17N3O3. The second-order valence-corrected chi connectivity index (χ2v) is 5.25. The zero-order chi connectivity index (χ0) is 17.1. The predicted octanol–water partition coefficient (Wildman–Crippen LogP) is 3.19. The highest BCUT2D eigenvalue weighted by Gasteiger charge is 2.11. The molecular weight excluding hydrogens is 306 g/mol. The lowest BCUT2D eigenvalue weighted by Crippen LogP contribution is -2.23. The number of anilines is 2. The number of benzene rings is 2. The summed E-state index contributed by atoms with van der Waals surface area (Å²) in [5.74, 6) is 0.557. The second kappa shape index (κ2) is 6.45. The minimum Gasteiger partial charge on any atom is -0.495 e. The summed E-state index contributed by atoms with van der Waals surface area (Å²) in [6.07, 6.45) is 0. The number of carbonyl (C=O) groups is 1. The summed E-state index contributed by atoms with van der Waals surface area (Å²) < 4.78 is 6.75. The Kier molecular flexibility index (Phi) is 4.20. The van der Waals surface area contributed by atoms with Crippen molar-refractivity contribution in [2.45, 2.75) is 0 Å². The molecule has 0 aliphatic carbocycles. The van der Waals surface area contributed by atoms with E-state index in [0.717, 1.165) is 10.9 Å². The fourth-order valence-electron chi connectivity index (χ4n) is 2.54. The number of aromatic nitrogens is 1. The number of pyridine rings is 1. The van der Waals surface area contributed by atoms with Crippen molar-refractivity contribution in [3.05, 3.63) is 65.0 Å². The number of methoxy groups -OCH3 is 1. The molecule has 24 heavy (non-hydrogen) atoms. The number of fused-ring (bicyclic) bond motifs is 1. The maximum Gasteiger partial charge on any atom is 0.323 e. The molecule has 6 heteroatoms. The molecule has 0 saturated heterocycles. The highest BCUT2D eigenvalue weighted by Crippen LogP contribution is 2.24. The molecule has 0 aliphatic rings. The summed E-state index contributed by atoms with van der Waals surface area (Å²) in [5.41, 5.74) is 1.56. The van der Waals surface area contributed by atoms with Gasteiger partial charge in [-0.3, -0.25) is 4.79 Å². The smallest absolute Gasteiger partial charge is 0.323 e. The highest BCUT2D eigenvalue weighted by atomic mass is 16.5. The van der Waals surface area contributed by atoms with Gasteiger partial charge in [0.05, 0.1) is 24.0 Å². The molecule has 0 bridgehead atoms. The lowest BCUT2D eigenvalue weighted by Gasteiger charge is -2.13. The number of aryl methyl sites for hydroxylation is 1. The molecule has 1 aromatic heterocycles. The first-order chi connectivity index (χ1) is 11.6. The molecule has 2 amide bonds. The standard InChI is InChI=1S/C18H17N3O3/c1-21-15-9-5-3-7-12(15)14(11-17(21)22)20-18(23)19-13-8-4-6-10-16(13)24-2/h3-11H,1-2H3,(H2,19,20,23). The van der Waals surface area contributed by atoms with Gasteiger partial charge in [-0.1, -0.05) is 30.3 Å². The van der Waals surface area contributed by atoms with E-state index in [2.05, 4.69) is 10.6 Å². The van der Waals surface area contributed by atoms with E-state index in [1.54, 1.807) is 29.8 Å². The molecule has 122 valence electrons. The van der Waals surface area contributed by atoms with Crippen molar-refractivity contribution in [3.63, 3.8) is 0 Å². The van der Waals surface area contributed by atoms with Crippen molar-refractivity contribution in [2.75, 3.05) is 17.7 Å². The topological polar surface area (TPSA) is 72.4 Å². The minimum atomic E-state index is -0.446. The van der Waals surface area contributed by atoms with Crippen LogP contribution in [0.25, 0.3) is 10.9 Å². The number of hydrogen-bond acceptors (Lipinski definition) is 3. The Hall–Kier alpha value is -3.28. The zero-order valence-electron chi connectivity index (χ0n) is 13.4. The maximum atomic E-state index is 12.3. The van der Waals surface area contributed by atoms with E-state index in [1.165, 1.54) is 13.2 Å². The van der Waals surface area contributed by atoms with Gasteiger partial charge < -0.3 is 19.9 Å². The number of amides is 2. The fourth-order valence-corrected chi connectivity index (χ4v) is 2.54. The van der Waals surface area contributed by atoms with Crippen molar-refractivity contribution < 1.29 is 9.53 Å². The van der Waals surface area contributed by atoms with Crippen molar-refractivity contribution in [1.82, 2.24) is 4.57 Å². The molecule has 2 aromatic carbocycles. The summed E-state index contributed by atoms with van der Waals surface area (Å²) in [4.78, 5) is 24.4. The highest BCUT2D eigenvalue weighted by molar-refractivity contribution is 6.05. The number of para-hydroxylation sites is 3. The molecule has 6 nitrogen and oxygen atoms in total. The SMILES string of the molecule is COc1ccccc1NC(=O)Nc1cc(=O)n(C)c2ccccc12. The molecule has 1 heterocycles. The van der Waals surface area contributed by atoms with Crippen LogP contribution >= 0.6 is 0 Å². The first-order valence-electron chi connectivity index (χ1n) is 7.40. The number of carbonyl (C=O) groups excluding carboxylic acids is 1. The molecule has 3 aromatic rings. The van der Waals surface area contributed by atoms with Crippen LogP contribution in [0.5, 0.6) is 5.75 Å². The van der Waals surface area contributed by atoms with Gasteiger partial charge in [0, 0.05) is 18.5 Å². The first-order valence-corrected chi connectivity index (χ1v) is 7.40. The summed E-state index contributed by atoms with van der Waals surface area (Å²) in [5, 5.41) is 6.25. The van der Waals surface area contributed by atoms with Gasteiger partial charge in [0.1, 0.15) is 5.75 Å². The zero-order valence-corrected chi connectivity index (χ0v) is 13.4. The van der Waals surface area contributed by atoms with Gasteiger partial charge in [0.15, 0.2) is 0 Å². The normalized spacial score (nSPS) is 10.4. The summed E-state index contributed by atoms with van der Waals surface area (Å²) >= 11 is 0. The van der Waals surface area contributed by atoms with Gasteiger partial charge in [-0.15, -0.1) is 0 Å². The van der Waals surface area contributed by atoms with Crippen LogP contribution in [0.3, 0.4) is 0 Å². The summed E-state index contributed by atoms with van der Waals surface area (Å²) in [6.45, 7) is 0. The molecule has 0 radical (unpaired) electrons. The Morgan fingerprint density at radius 2 is 1.67 bits per heavy atom. The lowest BCUT2D eigenvalue weighted by atomic mass is 10.2. The van der Waals surface area contributed by atoms with Gasteiger partial charge in [-0.05, 0) is 18.2 Å². The largest absolute Gasteiger partial charge is 0.495 e. The van der Waals surface area contributed by atoms with E-state index in [9.17, 15) is 9.59 Å². The third-order valence-electron chi connectivity index (χ3n) is 3.76. The molecule has 0 unspecified atom stereocenters. The van der Waals surface area contributed by atoms with Crippen LogP contribution in [-0.4, -0.2) is 17.7 Å². The first kappa shape index (κ1) is 15.6. The Bertz CT molecular complexity index is 963. The average molecular weight is 323 g/mol. The average Bonchev–Trinajstić information content (AvgIpc) is 2.60. The fraction of sp³-hybridized carbons (Fsp3) is 0.111.